The molecule has 0 radical (unpaired) electrons. The SMILES string of the molecule is CC(=O)N1CCC[C@@H]1[C@H]1CCCN1CC(=O)N[C@](C)(C#N)C1CC1. The molecular formula is C18H28N4O2. The van der Waals surface area contributed by atoms with Crippen LogP contribution in [0, 0.1) is 17.2 Å². The zero-order chi connectivity index (χ0) is 17.3. The maximum atomic E-state index is 12.5. The topological polar surface area (TPSA) is 76.4 Å². The molecular weight excluding hydrogens is 304 g/mol. The molecule has 2 heterocycles. The fourth-order valence-electron chi connectivity index (χ4n) is 4.46. The molecule has 0 aromatic rings. The highest BCUT2D eigenvalue weighted by Crippen LogP contribution is 2.39. The molecule has 3 aliphatic rings. The zero-order valence-corrected chi connectivity index (χ0v) is 14.8. The van der Waals surface area contributed by atoms with Gasteiger partial charge < -0.3 is 10.2 Å². The Morgan fingerprint density at radius 2 is 1.83 bits per heavy atom. The summed E-state index contributed by atoms with van der Waals surface area (Å²) in [6.07, 6.45) is 6.23. The van der Waals surface area contributed by atoms with E-state index in [2.05, 4.69) is 16.3 Å². The number of rotatable bonds is 5. The Kier molecular flexibility index (Phi) is 4.82. The predicted octanol–water partition coefficient (Wildman–Crippen LogP) is 1.27. The van der Waals surface area contributed by atoms with Gasteiger partial charge in [-0.05, 0) is 57.9 Å². The molecule has 2 amide bonds. The van der Waals surface area contributed by atoms with Crippen LogP contribution < -0.4 is 5.32 Å². The van der Waals surface area contributed by atoms with Gasteiger partial charge in [-0.1, -0.05) is 0 Å². The van der Waals surface area contributed by atoms with Gasteiger partial charge in [0.1, 0.15) is 5.54 Å². The number of likely N-dealkylation sites (tertiary alicyclic amines) is 2. The van der Waals surface area contributed by atoms with Gasteiger partial charge in [-0.3, -0.25) is 14.5 Å². The first-order valence-corrected chi connectivity index (χ1v) is 9.18. The lowest BCUT2D eigenvalue weighted by Crippen LogP contribution is -2.53. The van der Waals surface area contributed by atoms with E-state index in [0.29, 0.717) is 12.5 Å². The van der Waals surface area contributed by atoms with Crippen LogP contribution in [-0.4, -0.2) is 58.9 Å². The highest BCUT2D eigenvalue weighted by atomic mass is 16.2. The Hall–Kier alpha value is -1.61. The maximum Gasteiger partial charge on any atom is 0.235 e. The van der Waals surface area contributed by atoms with E-state index in [1.807, 2.05) is 11.8 Å². The van der Waals surface area contributed by atoms with Crippen LogP contribution in [0.3, 0.4) is 0 Å². The second-order valence-electron chi connectivity index (χ2n) is 7.74. The Labute approximate surface area is 144 Å². The number of nitrogens with one attached hydrogen (secondary N) is 1. The van der Waals surface area contributed by atoms with Gasteiger partial charge in [-0.2, -0.15) is 5.26 Å². The first-order chi connectivity index (χ1) is 11.4. The molecule has 132 valence electrons. The van der Waals surface area contributed by atoms with Crippen LogP contribution >= 0.6 is 0 Å². The Balaban J connectivity index is 1.60. The Bertz CT molecular complexity index is 554. The molecule has 6 nitrogen and oxygen atoms in total. The number of carbonyl (C=O) groups excluding carboxylic acids is 2. The predicted molar refractivity (Wildman–Crippen MR) is 89.9 cm³/mol. The van der Waals surface area contributed by atoms with E-state index in [-0.39, 0.29) is 23.9 Å². The number of amides is 2. The molecule has 2 saturated heterocycles. The van der Waals surface area contributed by atoms with Crippen molar-refractivity contribution >= 4 is 11.8 Å². The van der Waals surface area contributed by atoms with Crippen LogP contribution in [0.1, 0.15) is 52.4 Å². The van der Waals surface area contributed by atoms with Gasteiger partial charge >= 0.3 is 0 Å². The minimum atomic E-state index is -0.731. The molecule has 0 aromatic carbocycles. The fraction of sp³-hybridized carbons (Fsp3) is 0.833. The van der Waals surface area contributed by atoms with Crippen LogP contribution in [0.5, 0.6) is 0 Å². The van der Waals surface area contributed by atoms with Crippen molar-refractivity contribution in [2.45, 2.75) is 70.0 Å². The summed E-state index contributed by atoms with van der Waals surface area (Å²) in [5.41, 5.74) is -0.731. The summed E-state index contributed by atoms with van der Waals surface area (Å²) >= 11 is 0. The first-order valence-electron chi connectivity index (χ1n) is 9.18. The quantitative estimate of drug-likeness (QED) is 0.822. The van der Waals surface area contributed by atoms with Crippen molar-refractivity contribution in [3.05, 3.63) is 0 Å². The van der Waals surface area contributed by atoms with Gasteiger partial charge in [0.15, 0.2) is 0 Å². The van der Waals surface area contributed by atoms with E-state index < -0.39 is 5.54 Å². The fourth-order valence-corrected chi connectivity index (χ4v) is 4.46. The molecule has 2 aliphatic heterocycles. The molecule has 6 heteroatoms. The molecule has 0 spiro atoms. The third kappa shape index (κ3) is 3.41. The van der Waals surface area contributed by atoms with Crippen LogP contribution in [-0.2, 0) is 9.59 Å². The highest BCUT2D eigenvalue weighted by molar-refractivity contribution is 5.79. The van der Waals surface area contributed by atoms with Crippen molar-refractivity contribution in [1.29, 1.82) is 5.26 Å². The van der Waals surface area contributed by atoms with E-state index in [0.717, 1.165) is 51.6 Å². The summed E-state index contributed by atoms with van der Waals surface area (Å²) in [6.45, 7) is 5.53. The van der Waals surface area contributed by atoms with E-state index in [1.165, 1.54) is 0 Å². The van der Waals surface area contributed by atoms with Crippen molar-refractivity contribution in [3.8, 4) is 6.07 Å². The van der Waals surface area contributed by atoms with E-state index in [9.17, 15) is 14.9 Å². The summed E-state index contributed by atoms with van der Waals surface area (Å²) in [6, 6.07) is 2.80. The van der Waals surface area contributed by atoms with E-state index >= 15 is 0 Å². The first kappa shape index (κ1) is 17.2. The van der Waals surface area contributed by atoms with Gasteiger partial charge in [-0.25, -0.2) is 0 Å². The van der Waals surface area contributed by atoms with Gasteiger partial charge in [0.05, 0.1) is 12.6 Å². The molecule has 1 saturated carbocycles. The number of hydrogen-bond donors (Lipinski definition) is 1. The Morgan fingerprint density at radius 1 is 1.17 bits per heavy atom. The lowest BCUT2D eigenvalue weighted by Gasteiger charge is -2.34. The summed E-state index contributed by atoms with van der Waals surface area (Å²) in [4.78, 5) is 28.5. The number of nitrogens with zero attached hydrogens (tertiary/aromatic N) is 3. The summed E-state index contributed by atoms with van der Waals surface area (Å²) in [5.74, 6) is 0.369. The molecule has 3 fully saturated rings. The molecule has 1 N–H and O–H groups in total. The molecule has 3 atom stereocenters. The molecule has 1 aliphatic carbocycles. The lowest BCUT2D eigenvalue weighted by atomic mass is 9.98. The van der Waals surface area contributed by atoms with Crippen molar-refractivity contribution in [2.75, 3.05) is 19.6 Å². The van der Waals surface area contributed by atoms with Crippen molar-refractivity contribution < 1.29 is 9.59 Å². The van der Waals surface area contributed by atoms with Crippen LogP contribution in [0.15, 0.2) is 0 Å². The molecule has 24 heavy (non-hydrogen) atoms. The second-order valence-corrected chi connectivity index (χ2v) is 7.74. The molecule has 0 unspecified atom stereocenters. The third-order valence-electron chi connectivity index (χ3n) is 5.93. The average Bonchev–Trinajstić information content (AvgIpc) is 3.12. The summed E-state index contributed by atoms with van der Waals surface area (Å²) in [5, 5.41) is 12.4. The van der Waals surface area contributed by atoms with Gasteiger partial charge in [0.25, 0.3) is 0 Å². The van der Waals surface area contributed by atoms with Gasteiger partial charge in [-0.15, -0.1) is 0 Å². The number of carbonyl (C=O) groups is 2. The van der Waals surface area contributed by atoms with Crippen LogP contribution in [0.2, 0.25) is 0 Å². The van der Waals surface area contributed by atoms with Crippen LogP contribution in [0.25, 0.3) is 0 Å². The number of nitriles is 1. The maximum absolute atomic E-state index is 12.5. The van der Waals surface area contributed by atoms with Gasteiger partial charge in [0, 0.05) is 25.6 Å². The monoisotopic (exact) mass is 332 g/mol. The Morgan fingerprint density at radius 3 is 2.46 bits per heavy atom. The van der Waals surface area contributed by atoms with E-state index in [1.54, 1.807) is 6.92 Å². The van der Waals surface area contributed by atoms with E-state index in [4.69, 9.17) is 0 Å². The summed E-state index contributed by atoms with van der Waals surface area (Å²) in [7, 11) is 0. The largest absolute Gasteiger partial charge is 0.338 e. The third-order valence-corrected chi connectivity index (χ3v) is 5.93. The minimum Gasteiger partial charge on any atom is -0.338 e. The smallest absolute Gasteiger partial charge is 0.235 e. The average molecular weight is 332 g/mol. The minimum absolute atomic E-state index is 0.0646. The second kappa shape index (κ2) is 6.72. The zero-order valence-electron chi connectivity index (χ0n) is 14.8. The molecule has 3 rings (SSSR count). The van der Waals surface area contributed by atoms with Gasteiger partial charge in [0.2, 0.25) is 11.8 Å². The molecule has 0 aromatic heterocycles. The lowest BCUT2D eigenvalue weighted by molar-refractivity contribution is -0.130. The highest BCUT2D eigenvalue weighted by Gasteiger charge is 2.44. The van der Waals surface area contributed by atoms with Crippen molar-refractivity contribution in [1.82, 2.24) is 15.1 Å². The standard InChI is InChI=1S/C18H28N4O2/c1-13(23)22-10-4-6-16(22)15-5-3-9-21(15)11-17(24)20-18(2,12-19)14-7-8-14/h14-16H,3-11H2,1-2H3,(H,20,24)/t15-,16-,18-/m1/s1. The normalized spacial score (nSPS) is 30.0. The summed E-state index contributed by atoms with van der Waals surface area (Å²) < 4.78 is 0. The number of hydrogen-bond acceptors (Lipinski definition) is 4. The van der Waals surface area contributed by atoms with Crippen molar-refractivity contribution in [3.63, 3.8) is 0 Å². The van der Waals surface area contributed by atoms with Crippen LogP contribution in [0.4, 0.5) is 0 Å². The molecule has 0 bridgehead atoms. The van der Waals surface area contributed by atoms with Crippen molar-refractivity contribution in [2.24, 2.45) is 5.92 Å².